The average Bonchev–Trinajstić information content (AvgIpc) is 1.82. The van der Waals surface area contributed by atoms with Crippen LogP contribution >= 0.6 is 0 Å². The summed E-state index contributed by atoms with van der Waals surface area (Å²) in [7, 11) is 0. The van der Waals surface area contributed by atoms with Gasteiger partial charge in [-0.3, -0.25) is 0 Å². The largest absolute Gasteiger partial charge is 0.468 e. The van der Waals surface area contributed by atoms with Crippen molar-refractivity contribution >= 4 is 0 Å². The van der Waals surface area contributed by atoms with Crippen LogP contribution in [0.5, 0.6) is 0 Å². The second kappa shape index (κ2) is 3.06. The molecule has 0 aromatic carbocycles. The highest BCUT2D eigenvalue weighted by Gasteiger charge is 2.22. The molecule has 0 aromatic rings. The van der Waals surface area contributed by atoms with Gasteiger partial charge >= 0.3 is 11.4 Å². The van der Waals surface area contributed by atoms with Gasteiger partial charge < -0.3 is 10.1 Å². The third-order valence-electron chi connectivity index (χ3n) is 0.369. The molecule has 9 heavy (non-hydrogen) atoms. The molecule has 0 aliphatic carbocycles. The van der Waals surface area contributed by atoms with Crippen LogP contribution in [0.3, 0.4) is 0 Å². The van der Waals surface area contributed by atoms with Crippen molar-refractivity contribution in [3.05, 3.63) is 20.6 Å². The maximum atomic E-state index is 9.56. The summed E-state index contributed by atoms with van der Waals surface area (Å²) in [6, 6.07) is 0. The van der Waals surface area contributed by atoms with Crippen LogP contribution < -0.4 is 0 Å². The van der Waals surface area contributed by atoms with E-state index in [1.807, 2.05) is 4.91 Å². The van der Waals surface area contributed by atoms with E-state index in [4.69, 9.17) is 10.8 Å². The maximum Gasteiger partial charge on any atom is 0.468 e. The first kappa shape index (κ1) is 7.00. The molecule has 0 saturated carbocycles. The number of nitro groups is 1. The van der Waals surface area contributed by atoms with Crippen molar-refractivity contribution in [3.63, 3.8) is 0 Å². The van der Waals surface area contributed by atoms with Gasteiger partial charge in [0.05, 0.1) is 4.91 Å². The Kier molecular flexibility index (Phi) is 2.38. The Balaban J connectivity index is 4.21. The molecule has 0 rings (SSSR count). The second-order valence-electron chi connectivity index (χ2n) is 0.806. The molecule has 0 aromatic heterocycles. The van der Waals surface area contributed by atoms with E-state index in [0.29, 0.717) is 0 Å². The molecule has 8 heteroatoms. The van der Waals surface area contributed by atoms with Crippen molar-refractivity contribution in [2.45, 2.75) is 0 Å². The van der Waals surface area contributed by atoms with E-state index in [0.717, 1.165) is 6.19 Å². The second-order valence-corrected chi connectivity index (χ2v) is 0.806. The number of nitriles is 1. The van der Waals surface area contributed by atoms with E-state index in [1.165, 1.54) is 0 Å². The Morgan fingerprint density at radius 3 is 2.67 bits per heavy atom. The first-order chi connectivity index (χ1) is 4.22. The SMILES string of the molecule is N#CN(N=[N+]=[N-])[N+](=O)[O-]. The van der Waals surface area contributed by atoms with Gasteiger partial charge in [-0.2, -0.15) is 0 Å². The molecule has 0 radical (unpaired) electrons. The standard InChI is InChI=1S/CN6O2/c2-1-6(5-4-3)7(8)9. The minimum absolute atomic E-state index is 0.292. The predicted octanol–water partition coefficient (Wildman–Crippen LogP) is 0.186. The highest BCUT2D eigenvalue weighted by atomic mass is 16.7. The van der Waals surface area contributed by atoms with Gasteiger partial charge in [0.2, 0.25) is 0 Å². The predicted molar refractivity (Wildman–Crippen MR) is 23.6 cm³/mol. The number of hydrazine groups is 1. The fourth-order valence-corrected chi connectivity index (χ4v) is 0.127. The molecule has 0 bridgehead atoms. The molecule has 0 aliphatic heterocycles. The first-order valence-electron chi connectivity index (χ1n) is 1.61. The minimum atomic E-state index is -1.14. The summed E-state index contributed by atoms with van der Waals surface area (Å²) >= 11 is 0. The molecule has 0 N–H and O–H groups in total. The van der Waals surface area contributed by atoms with Crippen LogP contribution in [-0.4, -0.2) is 10.2 Å². The Labute approximate surface area is 48.6 Å². The first-order valence-corrected chi connectivity index (χ1v) is 1.61. The lowest BCUT2D eigenvalue weighted by atomic mass is 11.3. The third-order valence-corrected chi connectivity index (χ3v) is 0.369. The van der Waals surface area contributed by atoms with E-state index in [-0.39, 0.29) is 5.12 Å². The van der Waals surface area contributed by atoms with Gasteiger partial charge in [0.25, 0.3) is 5.12 Å². The molecule has 46 valence electrons. The molecule has 0 saturated heterocycles. The molecule has 0 atom stereocenters. The normalized spacial score (nSPS) is 6.56. The van der Waals surface area contributed by atoms with Crippen LogP contribution in [0.4, 0.5) is 0 Å². The third kappa shape index (κ3) is 1.96. The van der Waals surface area contributed by atoms with Crippen LogP contribution in [0.15, 0.2) is 5.22 Å². The molecule has 0 aliphatic rings. The zero-order chi connectivity index (χ0) is 7.28. The summed E-state index contributed by atoms with van der Waals surface area (Å²) in [5.74, 6) is 0. The summed E-state index contributed by atoms with van der Waals surface area (Å²) < 4.78 is 0. The van der Waals surface area contributed by atoms with E-state index in [9.17, 15) is 10.1 Å². The number of nitrogens with zero attached hydrogens (tertiary/aromatic N) is 6. The van der Waals surface area contributed by atoms with Crippen molar-refractivity contribution in [2.24, 2.45) is 5.22 Å². The fraction of sp³-hybridized carbons (Fsp3) is 0. The Morgan fingerprint density at radius 2 is 2.56 bits per heavy atom. The topological polar surface area (TPSA) is 119 Å². The van der Waals surface area contributed by atoms with Gasteiger partial charge in [0.15, 0.2) is 5.03 Å². The highest BCUT2D eigenvalue weighted by Crippen LogP contribution is 1.84. The lowest BCUT2D eigenvalue weighted by Gasteiger charge is -1.80. The summed E-state index contributed by atoms with van der Waals surface area (Å²) in [4.78, 5) is 11.6. The lowest BCUT2D eigenvalue weighted by Crippen LogP contribution is -2.16. The van der Waals surface area contributed by atoms with Gasteiger partial charge in [0.1, 0.15) is 0 Å². The van der Waals surface area contributed by atoms with Crippen molar-refractivity contribution in [2.75, 3.05) is 0 Å². The summed E-state index contributed by atoms with van der Waals surface area (Å²) in [6.07, 6.45) is 1.02. The van der Waals surface area contributed by atoms with Crippen LogP contribution in [0, 0.1) is 21.6 Å². The zero-order valence-corrected chi connectivity index (χ0v) is 4.00. The van der Waals surface area contributed by atoms with E-state index in [2.05, 4.69) is 5.22 Å². The molecule has 0 fully saturated rings. The number of rotatable bonds is 2. The summed E-state index contributed by atoms with van der Waals surface area (Å²) in [6.45, 7) is 0. The lowest BCUT2D eigenvalue weighted by molar-refractivity contribution is -0.637. The van der Waals surface area contributed by atoms with Gasteiger partial charge in [0, 0.05) is 0 Å². The Hall–Kier alpha value is -2.00. The van der Waals surface area contributed by atoms with Crippen molar-refractivity contribution in [1.29, 1.82) is 5.26 Å². The maximum absolute atomic E-state index is 9.56. The summed E-state index contributed by atoms with van der Waals surface area (Å²) in [5, 5.41) is 18.3. The monoisotopic (exact) mass is 128 g/mol. The molecule has 0 heterocycles. The minimum Gasteiger partial charge on any atom is -0.320 e. The number of azide groups is 1. The molecule has 0 amide bonds. The summed E-state index contributed by atoms with van der Waals surface area (Å²) in [5.41, 5.74) is 7.58. The Morgan fingerprint density at radius 1 is 2.00 bits per heavy atom. The van der Waals surface area contributed by atoms with Gasteiger partial charge in [-0.05, 0) is 0 Å². The zero-order valence-electron chi connectivity index (χ0n) is 4.00. The van der Waals surface area contributed by atoms with Gasteiger partial charge in [-0.1, -0.05) is 5.53 Å². The van der Waals surface area contributed by atoms with Crippen LogP contribution in [0.1, 0.15) is 0 Å². The molecule has 8 nitrogen and oxygen atoms in total. The van der Waals surface area contributed by atoms with E-state index in [1.54, 1.807) is 0 Å². The van der Waals surface area contributed by atoms with E-state index >= 15 is 0 Å². The quantitative estimate of drug-likeness (QED) is 0.100. The van der Waals surface area contributed by atoms with Crippen molar-refractivity contribution < 1.29 is 5.03 Å². The molecular formula is CN6O2. The van der Waals surface area contributed by atoms with Crippen molar-refractivity contribution in [1.82, 2.24) is 5.12 Å². The van der Waals surface area contributed by atoms with Gasteiger partial charge in [-0.25, -0.2) is 0 Å². The van der Waals surface area contributed by atoms with Crippen LogP contribution in [0.25, 0.3) is 10.4 Å². The van der Waals surface area contributed by atoms with Crippen LogP contribution in [0.2, 0.25) is 0 Å². The number of hydrogen-bond acceptors (Lipinski definition) is 4. The Bertz CT molecular complexity index is 194. The average molecular weight is 128 g/mol. The fourth-order valence-electron chi connectivity index (χ4n) is 0.127. The molecule has 0 unspecified atom stereocenters. The molecule has 0 spiro atoms. The van der Waals surface area contributed by atoms with Gasteiger partial charge in [-0.15, -0.1) is 5.26 Å². The van der Waals surface area contributed by atoms with Crippen molar-refractivity contribution in [3.8, 4) is 6.19 Å². The smallest absolute Gasteiger partial charge is 0.320 e. The van der Waals surface area contributed by atoms with Crippen LogP contribution in [-0.2, 0) is 0 Å². The highest BCUT2D eigenvalue weighted by molar-refractivity contribution is 4.58. The molecular weight excluding hydrogens is 128 g/mol. The van der Waals surface area contributed by atoms with E-state index < -0.39 is 5.03 Å². The number of hydrogen-bond donors (Lipinski definition) is 0.